The van der Waals surface area contributed by atoms with E-state index >= 15 is 0 Å². The lowest BCUT2D eigenvalue weighted by Gasteiger charge is -2.24. The Balaban J connectivity index is 2.70. The van der Waals surface area contributed by atoms with Crippen LogP contribution in [0, 0.1) is 17.0 Å². The summed E-state index contributed by atoms with van der Waals surface area (Å²) in [6.45, 7) is 9.45. The number of halogens is 2. The van der Waals surface area contributed by atoms with Crippen molar-refractivity contribution in [2.45, 2.75) is 53.0 Å². The number of nitrogens with one attached hydrogen (secondary N) is 1. The summed E-state index contributed by atoms with van der Waals surface area (Å²) < 4.78 is 26.9. The number of hydrogen-bond donors (Lipinski definition) is 1. The Morgan fingerprint density at radius 3 is 2.47 bits per heavy atom. The maximum atomic E-state index is 13.7. The number of likely N-dealkylation sites (N-methyl/N-ethyl adjacent to an activating group) is 1. The van der Waals surface area contributed by atoms with E-state index in [9.17, 15) is 8.78 Å². The molecule has 108 valence electrons. The van der Waals surface area contributed by atoms with E-state index in [1.807, 2.05) is 6.92 Å². The summed E-state index contributed by atoms with van der Waals surface area (Å²) in [6, 6.07) is 4.59. The van der Waals surface area contributed by atoms with Gasteiger partial charge in [-0.1, -0.05) is 39.8 Å². The lowest BCUT2D eigenvalue weighted by molar-refractivity contribution is 0.329. The Bertz CT molecular complexity index is 396. The van der Waals surface area contributed by atoms with Gasteiger partial charge in [0.2, 0.25) is 0 Å². The molecule has 19 heavy (non-hydrogen) atoms. The molecule has 3 heteroatoms. The molecule has 0 spiro atoms. The van der Waals surface area contributed by atoms with Crippen molar-refractivity contribution in [2.75, 3.05) is 6.54 Å². The van der Waals surface area contributed by atoms with E-state index in [1.165, 1.54) is 0 Å². The van der Waals surface area contributed by atoms with E-state index in [-0.39, 0.29) is 11.5 Å². The fourth-order valence-electron chi connectivity index (χ4n) is 2.14. The molecule has 1 N–H and O–H groups in total. The van der Waals surface area contributed by atoms with Gasteiger partial charge in [-0.3, -0.25) is 0 Å². The van der Waals surface area contributed by atoms with Crippen LogP contribution in [-0.2, 0) is 6.42 Å². The SMILES string of the molecule is CCNC(CCC(C)(C)C)Cc1cccc(F)c1F. The Hall–Kier alpha value is -0.960. The van der Waals surface area contributed by atoms with Gasteiger partial charge >= 0.3 is 0 Å². The second kappa shape index (κ2) is 6.99. The fraction of sp³-hybridized carbons (Fsp3) is 0.625. The zero-order valence-electron chi connectivity index (χ0n) is 12.4. The standard InChI is InChI=1S/C16H25F2N/c1-5-19-13(9-10-16(2,3)4)11-12-7-6-8-14(17)15(12)18/h6-8,13,19H,5,9-11H2,1-4H3. The Morgan fingerprint density at radius 2 is 1.89 bits per heavy atom. The topological polar surface area (TPSA) is 12.0 Å². The molecule has 0 saturated heterocycles. The first-order valence-corrected chi connectivity index (χ1v) is 6.99. The molecule has 0 amide bonds. The summed E-state index contributed by atoms with van der Waals surface area (Å²) in [5.41, 5.74) is 0.716. The van der Waals surface area contributed by atoms with Gasteiger partial charge in [-0.25, -0.2) is 8.78 Å². The lowest BCUT2D eigenvalue weighted by atomic mass is 9.87. The molecule has 0 aliphatic heterocycles. The first kappa shape index (κ1) is 16.1. The molecule has 1 nitrogen and oxygen atoms in total. The zero-order valence-corrected chi connectivity index (χ0v) is 12.4. The van der Waals surface area contributed by atoms with Crippen LogP contribution in [0.15, 0.2) is 18.2 Å². The highest BCUT2D eigenvalue weighted by atomic mass is 19.2. The molecule has 0 aliphatic rings. The van der Waals surface area contributed by atoms with Crippen molar-refractivity contribution < 1.29 is 8.78 Å². The average molecular weight is 269 g/mol. The predicted molar refractivity (Wildman–Crippen MR) is 76.2 cm³/mol. The van der Waals surface area contributed by atoms with E-state index in [2.05, 4.69) is 26.1 Å². The van der Waals surface area contributed by atoms with Gasteiger partial charge < -0.3 is 5.32 Å². The summed E-state index contributed by atoms with van der Waals surface area (Å²) >= 11 is 0. The first-order chi connectivity index (χ1) is 8.83. The van der Waals surface area contributed by atoms with Crippen LogP contribution in [0.25, 0.3) is 0 Å². The van der Waals surface area contributed by atoms with Crippen LogP contribution in [0.2, 0.25) is 0 Å². The van der Waals surface area contributed by atoms with Gasteiger partial charge in [0.15, 0.2) is 11.6 Å². The second-order valence-electron chi connectivity index (χ2n) is 6.27. The second-order valence-corrected chi connectivity index (χ2v) is 6.27. The van der Waals surface area contributed by atoms with E-state index in [0.29, 0.717) is 12.0 Å². The molecular weight excluding hydrogens is 244 g/mol. The van der Waals surface area contributed by atoms with Crippen molar-refractivity contribution in [2.24, 2.45) is 5.41 Å². The van der Waals surface area contributed by atoms with Crippen LogP contribution >= 0.6 is 0 Å². The fourth-order valence-corrected chi connectivity index (χ4v) is 2.14. The molecule has 1 rings (SSSR count). The lowest BCUT2D eigenvalue weighted by Crippen LogP contribution is -2.32. The van der Waals surface area contributed by atoms with E-state index in [4.69, 9.17) is 0 Å². The summed E-state index contributed by atoms with van der Waals surface area (Å²) in [4.78, 5) is 0. The largest absolute Gasteiger partial charge is 0.314 e. The van der Waals surface area contributed by atoms with E-state index in [1.54, 1.807) is 12.1 Å². The van der Waals surface area contributed by atoms with Crippen LogP contribution in [0.3, 0.4) is 0 Å². The Morgan fingerprint density at radius 1 is 1.21 bits per heavy atom. The molecule has 1 atom stereocenters. The molecule has 1 aromatic carbocycles. The summed E-state index contributed by atoms with van der Waals surface area (Å²) in [5, 5.41) is 3.36. The molecule has 0 bridgehead atoms. The van der Waals surface area contributed by atoms with Gasteiger partial charge in [-0.2, -0.15) is 0 Å². The molecule has 0 aliphatic carbocycles. The highest BCUT2D eigenvalue weighted by molar-refractivity contribution is 5.20. The maximum absolute atomic E-state index is 13.7. The van der Waals surface area contributed by atoms with Crippen LogP contribution in [0.5, 0.6) is 0 Å². The van der Waals surface area contributed by atoms with Gasteiger partial charge in [0.05, 0.1) is 0 Å². The molecule has 0 fully saturated rings. The quantitative estimate of drug-likeness (QED) is 0.811. The molecule has 0 radical (unpaired) electrons. The number of hydrogen-bond acceptors (Lipinski definition) is 1. The first-order valence-electron chi connectivity index (χ1n) is 6.99. The summed E-state index contributed by atoms with van der Waals surface area (Å²) in [5.74, 6) is -1.47. The third-order valence-corrected chi connectivity index (χ3v) is 3.23. The molecule has 0 saturated carbocycles. The minimum Gasteiger partial charge on any atom is -0.314 e. The molecule has 1 unspecified atom stereocenters. The highest BCUT2D eigenvalue weighted by Gasteiger charge is 2.17. The van der Waals surface area contributed by atoms with Crippen LogP contribution in [0.1, 0.15) is 46.1 Å². The Kier molecular flexibility index (Phi) is 5.92. The minimum atomic E-state index is -0.761. The summed E-state index contributed by atoms with van der Waals surface area (Å²) in [7, 11) is 0. The van der Waals surface area contributed by atoms with Crippen molar-refractivity contribution in [3.8, 4) is 0 Å². The zero-order chi connectivity index (χ0) is 14.5. The number of rotatable bonds is 6. The maximum Gasteiger partial charge on any atom is 0.162 e. The third-order valence-electron chi connectivity index (χ3n) is 3.23. The van der Waals surface area contributed by atoms with Gasteiger partial charge in [-0.05, 0) is 42.9 Å². The van der Waals surface area contributed by atoms with Gasteiger partial charge in [0.1, 0.15) is 0 Å². The van der Waals surface area contributed by atoms with Crippen molar-refractivity contribution in [3.05, 3.63) is 35.4 Å². The van der Waals surface area contributed by atoms with Gasteiger partial charge in [-0.15, -0.1) is 0 Å². The molecular formula is C16H25F2N. The Labute approximate surface area is 115 Å². The van der Waals surface area contributed by atoms with Gasteiger partial charge in [0, 0.05) is 6.04 Å². The van der Waals surface area contributed by atoms with Crippen LogP contribution < -0.4 is 5.32 Å². The summed E-state index contributed by atoms with van der Waals surface area (Å²) in [6.07, 6.45) is 2.56. The highest BCUT2D eigenvalue weighted by Crippen LogP contribution is 2.23. The predicted octanol–water partition coefficient (Wildman–Crippen LogP) is 4.31. The smallest absolute Gasteiger partial charge is 0.162 e. The van der Waals surface area contributed by atoms with Crippen molar-refractivity contribution in [1.82, 2.24) is 5.32 Å². The van der Waals surface area contributed by atoms with Gasteiger partial charge in [0.25, 0.3) is 0 Å². The normalized spacial score (nSPS) is 13.6. The van der Waals surface area contributed by atoms with Crippen molar-refractivity contribution in [1.29, 1.82) is 0 Å². The number of benzene rings is 1. The van der Waals surface area contributed by atoms with Crippen LogP contribution in [-0.4, -0.2) is 12.6 Å². The third kappa shape index (κ3) is 5.68. The minimum absolute atomic E-state index is 0.195. The van der Waals surface area contributed by atoms with Crippen molar-refractivity contribution >= 4 is 0 Å². The molecule has 0 aromatic heterocycles. The van der Waals surface area contributed by atoms with Crippen LogP contribution in [0.4, 0.5) is 8.78 Å². The molecule has 0 heterocycles. The molecule has 1 aromatic rings. The van der Waals surface area contributed by atoms with Crippen molar-refractivity contribution in [3.63, 3.8) is 0 Å². The van der Waals surface area contributed by atoms with E-state index < -0.39 is 11.6 Å². The van der Waals surface area contributed by atoms with E-state index in [0.717, 1.165) is 25.5 Å². The monoisotopic (exact) mass is 269 g/mol. The average Bonchev–Trinajstić information content (AvgIpc) is 2.31.